The number of hydrogen-bond donors (Lipinski definition) is 1. The SMILES string of the molecule is NC(=S)c1ccc(OCCOc2ccccc2-c2ccccc2)cc1. The third-order valence-corrected chi connectivity index (χ3v) is 3.96. The molecule has 3 rings (SSSR count). The molecule has 0 spiro atoms. The summed E-state index contributed by atoms with van der Waals surface area (Å²) in [5.74, 6) is 1.61. The van der Waals surface area contributed by atoms with Gasteiger partial charge in [-0.25, -0.2) is 0 Å². The topological polar surface area (TPSA) is 44.5 Å². The summed E-state index contributed by atoms with van der Waals surface area (Å²) in [5, 5.41) is 0. The zero-order valence-electron chi connectivity index (χ0n) is 13.7. The minimum Gasteiger partial charge on any atom is -0.490 e. The first-order valence-corrected chi connectivity index (χ1v) is 8.45. The summed E-state index contributed by atoms with van der Waals surface area (Å²) in [6.45, 7) is 0.913. The molecular weight excluding hydrogens is 330 g/mol. The van der Waals surface area contributed by atoms with Crippen LogP contribution in [0.15, 0.2) is 78.9 Å². The Morgan fingerprint density at radius 2 is 1.40 bits per heavy atom. The van der Waals surface area contributed by atoms with Crippen molar-refractivity contribution >= 4 is 17.2 Å². The zero-order valence-corrected chi connectivity index (χ0v) is 14.5. The molecule has 0 aliphatic heterocycles. The highest BCUT2D eigenvalue weighted by Gasteiger charge is 2.05. The molecule has 25 heavy (non-hydrogen) atoms. The van der Waals surface area contributed by atoms with E-state index in [2.05, 4.69) is 18.2 Å². The first-order chi connectivity index (χ1) is 12.2. The summed E-state index contributed by atoms with van der Waals surface area (Å²) in [7, 11) is 0. The molecule has 0 aromatic heterocycles. The Morgan fingerprint density at radius 1 is 0.760 bits per heavy atom. The van der Waals surface area contributed by atoms with E-state index in [-0.39, 0.29) is 0 Å². The fourth-order valence-electron chi connectivity index (χ4n) is 2.48. The molecule has 0 unspecified atom stereocenters. The van der Waals surface area contributed by atoms with Crippen molar-refractivity contribution in [3.8, 4) is 22.6 Å². The quantitative estimate of drug-likeness (QED) is 0.506. The van der Waals surface area contributed by atoms with Crippen LogP contribution in [0.1, 0.15) is 5.56 Å². The van der Waals surface area contributed by atoms with Crippen LogP contribution in [0, 0.1) is 0 Å². The van der Waals surface area contributed by atoms with Gasteiger partial charge in [0.1, 0.15) is 29.7 Å². The Bertz CT molecular complexity index is 832. The van der Waals surface area contributed by atoms with Gasteiger partial charge in [-0.15, -0.1) is 0 Å². The molecule has 4 heteroatoms. The van der Waals surface area contributed by atoms with E-state index in [0.717, 1.165) is 28.2 Å². The number of hydrogen-bond acceptors (Lipinski definition) is 3. The standard InChI is InChI=1S/C21H19NO2S/c22-21(25)17-10-12-18(13-11-17)23-14-15-24-20-9-5-4-8-19(20)16-6-2-1-3-7-16/h1-13H,14-15H2,(H2,22,25). The van der Waals surface area contributed by atoms with E-state index in [0.29, 0.717) is 18.2 Å². The van der Waals surface area contributed by atoms with Gasteiger partial charge in [0.2, 0.25) is 0 Å². The van der Waals surface area contributed by atoms with Crippen LogP contribution in [0.2, 0.25) is 0 Å². The summed E-state index contributed by atoms with van der Waals surface area (Å²) < 4.78 is 11.6. The van der Waals surface area contributed by atoms with Gasteiger partial charge in [-0.3, -0.25) is 0 Å². The molecule has 3 nitrogen and oxygen atoms in total. The van der Waals surface area contributed by atoms with Crippen molar-refractivity contribution in [2.24, 2.45) is 5.73 Å². The number of para-hydroxylation sites is 1. The second-order valence-corrected chi connectivity index (χ2v) is 5.89. The number of benzene rings is 3. The van der Waals surface area contributed by atoms with Crippen LogP contribution in [0.3, 0.4) is 0 Å². The van der Waals surface area contributed by atoms with Crippen molar-refractivity contribution in [1.29, 1.82) is 0 Å². The molecule has 3 aromatic carbocycles. The first kappa shape index (κ1) is 17.0. The Hall–Kier alpha value is -2.85. The van der Waals surface area contributed by atoms with Crippen molar-refractivity contribution < 1.29 is 9.47 Å². The lowest BCUT2D eigenvalue weighted by atomic mass is 10.1. The molecule has 0 saturated carbocycles. The molecule has 0 atom stereocenters. The van der Waals surface area contributed by atoms with Gasteiger partial charge >= 0.3 is 0 Å². The van der Waals surface area contributed by atoms with Crippen LogP contribution < -0.4 is 15.2 Å². The molecule has 3 aromatic rings. The van der Waals surface area contributed by atoms with E-state index in [4.69, 9.17) is 27.4 Å². The van der Waals surface area contributed by atoms with Crippen molar-refractivity contribution in [3.05, 3.63) is 84.4 Å². The number of ether oxygens (including phenoxy) is 2. The highest BCUT2D eigenvalue weighted by atomic mass is 32.1. The van der Waals surface area contributed by atoms with Crippen molar-refractivity contribution in [3.63, 3.8) is 0 Å². The van der Waals surface area contributed by atoms with Gasteiger partial charge in [0, 0.05) is 11.1 Å². The predicted molar refractivity (Wildman–Crippen MR) is 105 cm³/mol. The summed E-state index contributed by atoms with van der Waals surface area (Å²) >= 11 is 4.94. The van der Waals surface area contributed by atoms with Crippen LogP contribution in [0.4, 0.5) is 0 Å². The monoisotopic (exact) mass is 349 g/mol. The second-order valence-electron chi connectivity index (χ2n) is 5.45. The number of thiocarbonyl (C=S) groups is 1. The van der Waals surface area contributed by atoms with Gasteiger partial charge in [0.05, 0.1) is 0 Å². The Labute approximate surface area is 153 Å². The van der Waals surface area contributed by atoms with E-state index in [1.807, 2.05) is 60.7 Å². The van der Waals surface area contributed by atoms with Gasteiger partial charge in [-0.05, 0) is 35.9 Å². The van der Waals surface area contributed by atoms with E-state index in [1.165, 1.54) is 0 Å². The molecule has 0 fully saturated rings. The molecule has 126 valence electrons. The lowest BCUT2D eigenvalue weighted by Crippen LogP contribution is -2.11. The van der Waals surface area contributed by atoms with Gasteiger partial charge < -0.3 is 15.2 Å². The number of rotatable bonds is 7. The third kappa shape index (κ3) is 4.58. The average Bonchev–Trinajstić information content (AvgIpc) is 2.66. The van der Waals surface area contributed by atoms with Crippen LogP contribution >= 0.6 is 12.2 Å². The smallest absolute Gasteiger partial charge is 0.127 e. The molecule has 0 aliphatic carbocycles. The maximum atomic E-state index is 5.91. The minimum atomic E-state index is 0.382. The van der Waals surface area contributed by atoms with Gasteiger partial charge in [0.25, 0.3) is 0 Å². The van der Waals surface area contributed by atoms with Gasteiger partial charge in [-0.2, -0.15) is 0 Å². The zero-order chi connectivity index (χ0) is 17.5. The van der Waals surface area contributed by atoms with Crippen molar-refractivity contribution in [2.75, 3.05) is 13.2 Å². The fourth-order valence-corrected chi connectivity index (χ4v) is 2.61. The molecule has 2 N–H and O–H groups in total. The van der Waals surface area contributed by atoms with E-state index < -0.39 is 0 Å². The summed E-state index contributed by atoms with van der Waals surface area (Å²) in [4.78, 5) is 0.382. The van der Waals surface area contributed by atoms with Gasteiger partial charge in [0.15, 0.2) is 0 Å². The predicted octanol–water partition coefficient (Wildman–Crippen LogP) is 4.45. The maximum absolute atomic E-state index is 5.91. The highest BCUT2D eigenvalue weighted by Crippen LogP contribution is 2.29. The Balaban J connectivity index is 1.57. The van der Waals surface area contributed by atoms with Crippen LogP contribution in [-0.4, -0.2) is 18.2 Å². The summed E-state index contributed by atoms with van der Waals surface area (Å²) in [5.41, 5.74) is 8.62. The van der Waals surface area contributed by atoms with E-state index in [9.17, 15) is 0 Å². The molecule has 0 aliphatic rings. The molecule has 0 saturated heterocycles. The van der Waals surface area contributed by atoms with E-state index in [1.54, 1.807) is 0 Å². The fraction of sp³-hybridized carbons (Fsp3) is 0.0952. The molecular formula is C21H19NO2S. The minimum absolute atomic E-state index is 0.382. The first-order valence-electron chi connectivity index (χ1n) is 8.04. The second kappa shape index (κ2) is 8.31. The summed E-state index contributed by atoms with van der Waals surface area (Å²) in [6.07, 6.45) is 0. The summed E-state index contributed by atoms with van der Waals surface area (Å²) in [6, 6.07) is 25.6. The lowest BCUT2D eigenvalue weighted by molar-refractivity contribution is 0.217. The highest BCUT2D eigenvalue weighted by molar-refractivity contribution is 7.80. The largest absolute Gasteiger partial charge is 0.490 e. The molecule has 0 radical (unpaired) electrons. The molecule has 0 bridgehead atoms. The lowest BCUT2D eigenvalue weighted by Gasteiger charge is -2.12. The van der Waals surface area contributed by atoms with Crippen molar-refractivity contribution in [2.45, 2.75) is 0 Å². The molecule has 0 heterocycles. The van der Waals surface area contributed by atoms with Crippen LogP contribution in [-0.2, 0) is 0 Å². The number of nitrogens with two attached hydrogens (primary N) is 1. The Kier molecular flexibility index (Phi) is 5.65. The maximum Gasteiger partial charge on any atom is 0.127 e. The average molecular weight is 349 g/mol. The van der Waals surface area contributed by atoms with Crippen molar-refractivity contribution in [1.82, 2.24) is 0 Å². The van der Waals surface area contributed by atoms with Crippen LogP contribution in [0.5, 0.6) is 11.5 Å². The van der Waals surface area contributed by atoms with E-state index >= 15 is 0 Å². The van der Waals surface area contributed by atoms with Crippen LogP contribution in [0.25, 0.3) is 11.1 Å². The Morgan fingerprint density at radius 3 is 2.12 bits per heavy atom. The molecule has 0 amide bonds. The normalized spacial score (nSPS) is 10.2. The third-order valence-electron chi connectivity index (χ3n) is 3.72. The van der Waals surface area contributed by atoms with Gasteiger partial charge in [-0.1, -0.05) is 60.7 Å².